The number of guanidine groups is 1. The SMILES string of the molecule is CN=C(NCCN1C(=O)C2C3C=CC(C3)C2C1=O)NCc1ccc(-n2cccn2)cc1. The van der Waals surface area contributed by atoms with Gasteiger partial charge in [0.15, 0.2) is 5.96 Å². The van der Waals surface area contributed by atoms with Crippen LogP contribution in [-0.2, 0) is 16.1 Å². The van der Waals surface area contributed by atoms with E-state index in [4.69, 9.17) is 0 Å². The van der Waals surface area contributed by atoms with Crippen molar-refractivity contribution in [1.29, 1.82) is 0 Å². The van der Waals surface area contributed by atoms with Crippen LogP contribution in [0, 0.1) is 23.7 Å². The zero-order valence-electron chi connectivity index (χ0n) is 17.4. The molecule has 2 fully saturated rings. The molecule has 2 amide bonds. The van der Waals surface area contributed by atoms with Crippen molar-refractivity contribution in [3.8, 4) is 5.69 Å². The smallest absolute Gasteiger partial charge is 0.233 e. The highest BCUT2D eigenvalue weighted by Crippen LogP contribution is 2.52. The first-order valence-electron chi connectivity index (χ1n) is 10.7. The third-order valence-electron chi connectivity index (χ3n) is 6.58. The van der Waals surface area contributed by atoms with Gasteiger partial charge in [-0.15, -0.1) is 0 Å². The standard InChI is InChI=1S/C23H26N6O2/c1-24-23(26-14-15-3-7-18(8-4-15)29-11-2-9-27-29)25-10-12-28-21(30)19-16-5-6-17(13-16)20(19)22(28)31/h2-9,11,16-17,19-20H,10,12-14H2,1H3,(H2,24,25,26). The van der Waals surface area contributed by atoms with E-state index in [2.05, 4.69) is 32.9 Å². The summed E-state index contributed by atoms with van der Waals surface area (Å²) in [6.45, 7) is 1.45. The number of benzene rings is 1. The topological polar surface area (TPSA) is 91.6 Å². The molecule has 4 atom stereocenters. The van der Waals surface area contributed by atoms with Crippen molar-refractivity contribution in [2.24, 2.45) is 28.7 Å². The molecule has 3 aliphatic rings. The van der Waals surface area contributed by atoms with Gasteiger partial charge in [0.05, 0.1) is 17.5 Å². The average molecular weight is 419 g/mol. The summed E-state index contributed by atoms with van der Waals surface area (Å²) in [7, 11) is 1.70. The van der Waals surface area contributed by atoms with Crippen LogP contribution in [0.4, 0.5) is 0 Å². The second-order valence-electron chi connectivity index (χ2n) is 8.30. The van der Waals surface area contributed by atoms with Gasteiger partial charge in [-0.2, -0.15) is 5.10 Å². The van der Waals surface area contributed by atoms with Crippen molar-refractivity contribution >= 4 is 17.8 Å². The molecule has 4 unspecified atom stereocenters. The van der Waals surface area contributed by atoms with Crippen LogP contribution >= 0.6 is 0 Å². The number of rotatable bonds is 6. The second-order valence-corrected chi connectivity index (χ2v) is 8.30. The van der Waals surface area contributed by atoms with Crippen LogP contribution in [0.3, 0.4) is 0 Å². The lowest BCUT2D eigenvalue weighted by Crippen LogP contribution is -2.43. The van der Waals surface area contributed by atoms with Crippen LogP contribution in [0.2, 0.25) is 0 Å². The highest BCUT2D eigenvalue weighted by atomic mass is 16.2. The number of carbonyl (C=O) groups is 2. The summed E-state index contributed by atoms with van der Waals surface area (Å²) in [5.41, 5.74) is 2.11. The number of likely N-dealkylation sites (tertiary alicyclic amines) is 1. The molecule has 2 bridgehead atoms. The minimum Gasteiger partial charge on any atom is -0.355 e. The Morgan fingerprint density at radius 3 is 2.42 bits per heavy atom. The number of nitrogens with one attached hydrogen (secondary N) is 2. The first-order chi connectivity index (χ1) is 15.2. The summed E-state index contributed by atoms with van der Waals surface area (Å²) in [4.78, 5) is 31.2. The van der Waals surface area contributed by atoms with E-state index >= 15 is 0 Å². The number of nitrogens with zero attached hydrogens (tertiary/aromatic N) is 4. The van der Waals surface area contributed by atoms with Crippen LogP contribution in [0.25, 0.3) is 5.69 Å². The van der Waals surface area contributed by atoms with Gasteiger partial charge in [-0.25, -0.2) is 4.68 Å². The molecule has 1 aromatic carbocycles. The number of carbonyl (C=O) groups excluding carboxylic acids is 2. The normalized spacial score (nSPS) is 26.6. The quantitative estimate of drug-likeness (QED) is 0.320. The van der Waals surface area contributed by atoms with Crippen LogP contribution in [0.15, 0.2) is 59.9 Å². The summed E-state index contributed by atoms with van der Waals surface area (Å²) in [6.07, 6.45) is 8.85. The highest BCUT2D eigenvalue weighted by molar-refractivity contribution is 6.06. The molecule has 1 saturated carbocycles. The molecule has 8 heteroatoms. The van der Waals surface area contributed by atoms with Gasteiger partial charge in [0, 0.05) is 39.1 Å². The number of allylic oxidation sites excluding steroid dienone is 2. The molecule has 1 aromatic heterocycles. The maximum absolute atomic E-state index is 12.7. The molecule has 31 heavy (non-hydrogen) atoms. The lowest BCUT2D eigenvalue weighted by Gasteiger charge is -2.18. The number of hydrogen-bond donors (Lipinski definition) is 2. The van der Waals surface area contributed by atoms with Gasteiger partial charge in [0.1, 0.15) is 0 Å². The number of imide groups is 1. The molecule has 160 valence electrons. The fourth-order valence-corrected chi connectivity index (χ4v) is 5.07. The van der Waals surface area contributed by atoms with Crippen LogP contribution in [0.1, 0.15) is 12.0 Å². The monoisotopic (exact) mass is 418 g/mol. The number of fused-ring (bicyclic) bond motifs is 5. The zero-order valence-corrected chi connectivity index (χ0v) is 17.4. The number of hydrogen-bond acceptors (Lipinski definition) is 4. The first-order valence-corrected chi connectivity index (χ1v) is 10.7. The molecule has 2 aromatic rings. The number of aromatic nitrogens is 2. The van der Waals surface area contributed by atoms with Gasteiger partial charge in [-0.05, 0) is 42.0 Å². The molecule has 0 radical (unpaired) electrons. The van der Waals surface area contributed by atoms with Gasteiger partial charge >= 0.3 is 0 Å². The summed E-state index contributed by atoms with van der Waals surface area (Å²) in [5, 5.41) is 10.7. The van der Waals surface area contributed by atoms with E-state index < -0.39 is 0 Å². The fourth-order valence-electron chi connectivity index (χ4n) is 5.07. The van der Waals surface area contributed by atoms with E-state index in [0.717, 1.165) is 17.7 Å². The molecule has 2 N–H and O–H groups in total. The van der Waals surface area contributed by atoms with E-state index in [9.17, 15) is 9.59 Å². The Bertz CT molecular complexity index is 997. The Balaban J connectivity index is 1.11. The number of amides is 2. The molecule has 1 aliphatic heterocycles. The summed E-state index contributed by atoms with van der Waals surface area (Å²) < 4.78 is 1.81. The van der Waals surface area contributed by atoms with E-state index in [-0.39, 0.29) is 35.5 Å². The first kappa shape index (κ1) is 19.5. The lowest BCUT2D eigenvalue weighted by molar-refractivity contribution is -0.140. The van der Waals surface area contributed by atoms with Crippen molar-refractivity contribution in [2.45, 2.75) is 13.0 Å². The maximum atomic E-state index is 12.7. The lowest BCUT2D eigenvalue weighted by atomic mass is 9.85. The molecule has 0 spiro atoms. The molecule has 1 saturated heterocycles. The summed E-state index contributed by atoms with van der Waals surface area (Å²) >= 11 is 0. The van der Waals surface area contributed by atoms with Crippen molar-refractivity contribution in [3.05, 3.63) is 60.4 Å². The average Bonchev–Trinajstić information content (AvgIpc) is 3.58. The van der Waals surface area contributed by atoms with E-state index in [1.807, 2.05) is 41.2 Å². The van der Waals surface area contributed by atoms with Crippen LogP contribution in [-0.4, -0.2) is 52.6 Å². The Labute approximate surface area is 181 Å². The molecule has 2 aliphatic carbocycles. The van der Waals surface area contributed by atoms with Crippen molar-refractivity contribution in [3.63, 3.8) is 0 Å². The van der Waals surface area contributed by atoms with Gasteiger partial charge in [-0.3, -0.25) is 19.5 Å². The molecule has 8 nitrogen and oxygen atoms in total. The van der Waals surface area contributed by atoms with Gasteiger partial charge in [0.2, 0.25) is 11.8 Å². The predicted molar refractivity (Wildman–Crippen MR) is 116 cm³/mol. The third-order valence-corrected chi connectivity index (χ3v) is 6.58. The largest absolute Gasteiger partial charge is 0.355 e. The summed E-state index contributed by atoms with van der Waals surface area (Å²) in [6, 6.07) is 10.0. The Morgan fingerprint density at radius 2 is 1.81 bits per heavy atom. The van der Waals surface area contributed by atoms with Crippen molar-refractivity contribution < 1.29 is 9.59 Å². The van der Waals surface area contributed by atoms with E-state index in [1.165, 1.54) is 4.90 Å². The molecular weight excluding hydrogens is 392 g/mol. The van der Waals surface area contributed by atoms with Gasteiger partial charge < -0.3 is 10.6 Å². The fraction of sp³-hybridized carbons (Fsp3) is 0.391. The van der Waals surface area contributed by atoms with Crippen molar-refractivity contribution in [1.82, 2.24) is 25.3 Å². The molecule has 2 heterocycles. The number of aliphatic imine (C=N–C) groups is 1. The minimum atomic E-state index is -0.135. The van der Waals surface area contributed by atoms with Crippen LogP contribution in [0.5, 0.6) is 0 Å². The Morgan fingerprint density at radius 1 is 1.10 bits per heavy atom. The van der Waals surface area contributed by atoms with Crippen molar-refractivity contribution in [2.75, 3.05) is 20.1 Å². The third kappa shape index (κ3) is 3.52. The maximum Gasteiger partial charge on any atom is 0.233 e. The Kier molecular flexibility index (Phi) is 5.05. The Hall–Kier alpha value is -3.42. The summed E-state index contributed by atoms with van der Waals surface area (Å²) in [5.74, 6) is 0.853. The zero-order chi connectivity index (χ0) is 21.4. The van der Waals surface area contributed by atoms with Crippen LogP contribution < -0.4 is 10.6 Å². The van der Waals surface area contributed by atoms with E-state index in [0.29, 0.717) is 25.6 Å². The van der Waals surface area contributed by atoms with E-state index in [1.54, 1.807) is 13.2 Å². The minimum absolute atomic E-state index is 0.00568. The molecule has 5 rings (SSSR count). The van der Waals surface area contributed by atoms with Gasteiger partial charge in [0.25, 0.3) is 0 Å². The predicted octanol–water partition coefficient (Wildman–Crippen LogP) is 1.34. The molecular formula is C23H26N6O2. The highest BCUT2D eigenvalue weighted by Gasteiger charge is 2.58. The van der Waals surface area contributed by atoms with Gasteiger partial charge in [-0.1, -0.05) is 24.3 Å². The second kappa shape index (κ2) is 8.02.